The zero-order chi connectivity index (χ0) is 11.6. The molecule has 0 saturated heterocycles. The third kappa shape index (κ3) is 2.75. The van der Waals surface area contributed by atoms with Crippen molar-refractivity contribution in [3.8, 4) is 5.75 Å². The van der Waals surface area contributed by atoms with E-state index >= 15 is 0 Å². The van der Waals surface area contributed by atoms with Gasteiger partial charge in [-0.05, 0) is 18.6 Å². The number of phenols is 1. The quantitative estimate of drug-likeness (QED) is 0.771. The molecule has 84 valence electrons. The van der Waals surface area contributed by atoms with Gasteiger partial charge in [-0.15, -0.1) is 0 Å². The molecule has 1 aromatic carbocycles. The molecule has 1 rings (SSSR count). The topological polar surface area (TPSA) is 66.5 Å². The van der Waals surface area contributed by atoms with Crippen LogP contribution in [0.5, 0.6) is 5.75 Å². The smallest absolute Gasteiger partial charge is 0.123 e. The fourth-order valence-corrected chi connectivity index (χ4v) is 1.96. The van der Waals surface area contributed by atoms with Gasteiger partial charge in [0.05, 0.1) is 17.2 Å². The highest BCUT2D eigenvalue weighted by molar-refractivity contribution is 6.35. The van der Waals surface area contributed by atoms with Crippen molar-refractivity contribution in [3.63, 3.8) is 0 Å². The van der Waals surface area contributed by atoms with Crippen LogP contribution in [-0.4, -0.2) is 16.3 Å². The highest BCUT2D eigenvalue weighted by Gasteiger charge is 2.21. The second-order valence-corrected chi connectivity index (χ2v) is 4.17. The van der Waals surface area contributed by atoms with E-state index in [4.69, 9.17) is 28.9 Å². The van der Waals surface area contributed by atoms with Gasteiger partial charge in [-0.3, -0.25) is 0 Å². The highest BCUT2D eigenvalue weighted by atomic mass is 35.5. The van der Waals surface area contributed by atoms with Crippen LogP contribution in [0.3, 0.4) is 0 Å². The Morgan fingerprint density at radius 1 is 1.40 bits per heavy atom. The summed E-state index contributed by atoms with van der Waals surface area (Å²) in [5, 5.41) is 19.8. The molecule has 0 spiro atoms. The lowest BCUT2D eigenvalue weighted by Gasteiger charge is -2.20. The Hall–Kier alpha value is -0.480. The molecule has 4 N–H and O–H groups in total. The van der Waals surface area contributed by atoms with E-state index in [-0.39, 0.29) is 10.8 Å². The number of nitrogens with two attached hydrogens (primary N) is 1. The van der Waals surface area contributed by atoms with Crippen molar-refractivity contribution in [3.05, 3.63) is 27.7 Å². The summed E-state index contributed by atoms with van der Waals surface area (Å²) in [6.07, 6.45) is -0.255. The normalized spacial score (nSPS) is 15.0. The summed E-state index contributed by atoms with van der Waals surface area (Å²) >= 11 is 11.6. The summed E-state index contributed by atoms with van der Waals surface area (Å²) < 4.78 is 0. The van der Waals surface area contributed by atoms with E-state index in [2.05, 4.69) is 0 Å². The van der Waals surface area contributed by atoms with Gasteiger partial charge < -0.3 is 15.9 Å². The number of phenolic OH excluding ortho intramolecular Hbond substituents is 1. The Kier molecular flexibility index (Phi) is 4.22. The molecule has 0 aliphatic carbocycles. The minimum absolute atomic E-state index is 0.0903. The predicted octanol–water partition coefficient (Wildman–Crippen LogP) is 2.47. The van der Waals surface area contributed by atoms with Gasteiger partial charge >= 0.3 is 0 Å². The van der Waals surface area contributed by atoms with Gasteiger partial charge in [0.2, 0.25) is 0 Å². The SMILES string of the molecule is CC[C@@H](O)[C@@H](N)c1c(O)cc(Cl)cc1Cl. The summed E-state index contributed by atoms with van der Waals surface area (Å²) in [4.78, 5) is 0. The summed E-state index contributed by atoms with van der Waals surface area (Å²) in [7, 11) is 0. The third-order valence-corrected chi connectivity index (χ3v) is 2.77. The molecule has 15 heavy (non-hydrogen) atoms. The monoisotopic (exact) mass is 249 g/mol. The highest BCUT2D eigenvalue weighted by Crippen LogP contribution is 2.35. The maximum Gasteiger partial charge on any atom is 0.123 e. The number of hydrogen-bond acceptors (Lipinski definition) is 3. The van der Waals surface area contributed by atoms with Crippen LogP contribution >= 0.6 is 23.2 Å². The van der Waals surface area contributed by atoms with Gasteiger partial charge in [-0.2, -0.15) is 0 Å². The van der Waals surface area contributed by atoms with E-state index in [9.17, 15) is 10.2 Å². The Morgan fingerprint density at radius 2 is 2.00 bits per heavy atom. The molecule has 2 atom stereocenters. The molecule has 0 aliphatic heterocycles. The average Bonchev–Trinajstić information content (AvgIpc) is 2.14. The lowest BCUT2D eigenvalue weighted by atomic mass is 10.00. The number of aromatic hydroxyl groups is 1. The molecule has 3 nitrogen and oxygen atoms in total. The molecule has 0 bridgehead atoms. The van der Waals surface area contributed by atoms with Gasteiger partial charge in [-0.1, -0.05) is 30.1 Å². The molecule has 0 radical (unpaired) electrons. The van der Waals surface area contributed by atoms with Gasteiger partial charge in [0.1, 0.15) is 5.75 Å². The van der Waals surface area contributed by atoms with Crippen LogP contribution in [0.1, 0.15) is 24.9 Å². The van der Waals surface area contributed by atoms with E-state index in [1.807, 2.05) is 0 Å². The lowest BCUT2D eigenvalue weighted by Crippen LogP contribution is -2.25. The summed E-state index contributed by atoms with van der Waals surface area (Å²) in [6, 6.07) is 2.13. The van der Waals surface area contributed by atoms with E-state index in [0.29, 0.717) is 17.0 Å². The summed E-state index contributed by atoms with van der Waals surface area (Å²) in [6.45, 7) is 1.80. The van der Waals surface area contributed by atoms with Crippen LogP contribution in [0.25, 0.3) is 0 Å². The van der Waals surface area contributed by atoms with E-state index < -0.39 is 12.1 Å². The van der Waals surface area contributed by atoms with Crippen molar-refractivity contribution in [2.75, 3.05) is 0 Å². The number of aliphatic hydroxyl groups is 1. The first-order chi connectivity index (χ1) is 6.97. The molecule has 0 fully saturated rings. The molecule has 0 aromatic heterocycles. The zero-order valence-electron chi connectivity index (χ0n) is 8.24. The summed E-state index contributed by atoms with van der Waals surface area (Å²) in [5.74, 6) is -0.0903. The predicted molar refractivity (Wildman–Crippen MR) is 61.4 cm³/mol. The maximum atomic E-state index is 9.63. The second-order valence-electron chi connectivity index (χ2n) is 3.32. The third-order valence-electron chi connectivity index (χ3n) is 2.24. The average molecular weight is 250 g/mol. The molecule has 0 unspecified atom stereocenters. The van der Waals surface area contributed by atoms with Crippen LogP contribution < -0.4 is 5.73 Å². The van der Waals surface area contributed by atoms with Crippen molar-refractivity contribution < 1.29 is 10.2 Å². The van der Waals surface area contributed by atoms with Crippen molar-refractivity contribution in [2.45, 2.75) is 25.5 Å². The molecule has 0 amide bonds. The van der Waals surface area contributed by atoms with E-state index in [1.165, 1.54) is 12.1 Å². The second kappa shape index (κ2) is 5.03. The minimum Gasteiger partial charge on any atom is -0.507 e. The largest absolute Gasteiger partial charge is 0.507 e. The van der Waals surface area contributed by atoms with E-state index in [0.717, 1.165) is 0 Å². The fraction of sp³-hybridized carbons (Fsp3) is 0.400. The Balaban J connectivity index is 3.13. The number of halogens is 2. The standard InChI is InChI=1S/C10H13Cl2NO2/c1-2-7(14)10(13)9-6(12)3-5(11)4-8(9)15/h3-4,7,10,14-15H,2,13H2,1H3/t7-,10-/m1/s1. The first kappa shape index (κ1) is 12.6. The van der Waals surface area contributed by atoms with Crippen LogP contribution in [0.4, 0.5) is 0 Å². The first-order valence-electron chi connectivity index (χ1n) is 4.59. The van der Waals surface area contributed by atoms with E-state index in [1.54, 1.807) is 6.92 Å². The summed E-state index contributed by atoms with van der Waals surface area (Å²) in [5.41, 5.74) is 6.09. The van der Waals surface area contributed by atoms with Gasteiger partial charge in [0, 0.05) is 10.6 Å². The van der Waals surface area contributed by atoms with Crippen LogP contribution in [-0.2, 0) is 0 Å². The molecular weight excluding hydrogens is 237 g/mol. The molecule has 0 aliphatic rings. The molecular formula is C10H13Cl2NO2. The molecule has 0 heterocycles. The van der Waals surface area contributed by atoms with Crippen LogP contribution in [0.15, 0.2) is 12.1 Å². The molecule has 0 saturated carbocycles. The minimum atomic E-state index is -0.741. The molecule has 1 aromatic rings. The van der Waals surface area contributed by atoms with Gasteiger partial charge in [0.25, 0.3) is 0 Å². The Labute approximate surface area is 98.4 Å². The van der Waals surface area contributed by atoms with Crippen LogP contribution in [0.2, 0.25) is 10.0 Å². The Morgan fingerprint density at radius 3 is 2.47 bits per heavy atom. The zero-order valence-corrected chi connectivity index (χ0v) is 9.76. The van der Waals surface area contributed by atoms with Crippen molar-refractivity contribution in [1.29, 1.82) is 0 Å². The molecule has 5 heteroatoms. The Bertz CT molecular complexity index is 334. The lowest BCUT2D eigenvalue weighted by molar-refractivity contribution is 0.139. The van der Waals surface area contributed by atoms with Crippen LogP contribution in [0, 0.1) is 0 Å². The van der Waals surface area contributed by atoms with Crippen molar-refractivity contribution in [1.82, 2.24) is 0 Å². The first-order valence-corrected chi connectivity index (χ1v) is 5.34. The number of aliphatic hydroxyl groups excluding tert-OH is 1. The fourth-order valence-electron chi connectivity index (χ4n) is 1.35. The number of hydrogen-bond donors (Lipinski definition) is 3. The number of rotatable bonds is 3. The van der Waals surface area contributed by atoms with Crippen molar-refractivity contribution >= 4 is 23.2 Å². The number of benzene rings is 1. The maximum absolute atomic E-state index is 9.63. The van der Waals surface area contributed by atoms with Crippen molar-refractivity contribution in [2.24, 2.45) is 5.73 Å². The van der Waals surface area contributed by atoms with Gasteiger partial charge in [-0.25, -0.2) is 0 Å². The van der Waals surface area contributed by atoms with Gasteiger partial charge in [0.15, 0.2) is 0 Å².